The standard InChI is InChI=1S/C27H29N3O6/c1-6-29(17-18-11-14-24(35-4)25(15-18)36-5)27(32)21-10-8-7-9-20(21)26(31)19-12-13-22(28(2)3)23(16-19)30(33)34/h7-16H,6,17H2,1-5H3. The molecule has 36 heavy (non-hydrogen) atoms. The first-order chi connectivity index (χ1) is 17.2. The fourth-order valence-electron chi connectivity index (χ4n) is 3.91. The highest BCUT2D eigenvalue weighted by Crippen LogP contribution is 2.30. The number of ether oxygens (including phenoxy) is 2. The maximum atomic E-state index is 13.5. The molecular weight excluding hydrogens is 462 g/mol. The van der Waals surface area contributed by atoms with Crippen molar-refractivity contribution in [2.45, 2.75) is 13.5 Å². The highest BCUT2D eigenvalue weighted by Gasteiger charge is 2.25. The zero-order valence-corrected chi connectivity index (χ0v) is 21.0. The van der Waals surface area contributed by atoms with Gasteiger partial charge in [-0.25, -0.2) is 0 Å². The minimum Gasteiger partial charge on any atom is -0.493 e. The van der Waals surface area contributed by atoms with E-state index in [0.29, 0.717) is 30.3 Å². The summed E-state index contributed by atoms with van der Waals surface area (Å²) in [6.07, 6.45) is 0. The molecule has 1 amide bonds. The third-order valence-electron chi connectivity index (χ3n) is 5.81. The molecule has 0 unspecified atom stereocenters. The SMILES string of the molecule is CCN(Cc1ccc(OC)c(OC)c1)C(=O)c1ccccc1C(=O)c1ccc(N(C)C)c([N+](=O)[O-])c1. The number of anilines is 1. The van der Waals surface area contributed by atoms with Crippen LogP contribution in [0.1, 0.15) is 38.8 Å². The Hall–Kier alpha value is -4.40. The monoisotopic (exact) mass is 491 g/mol. The number of rotatable bonds is 10. The molecule has 9 heteroatoms. The molecule has 0 fully saturated rings. The Kier molecular flexibility index (Phi) is 8.26. The Labute approximate surface area is 210 Å². The van der Waals surface area contributed by atoms with E-state index < -0.39 is 10.7 Å². The molecule has 0 atom stereocenters. The zero-order valence-electron chi connectivity index (χ0n) is 21.0. The van der Waals surface area contributed by atoms with Crippen molar-refractivity contribution in [2.24, 2.45) is 0 Å². The van der Waals surface area contributed by atoms with E-state index in [9.17, 15) is 19.7 Å². The van der Waals surface area contributed by atoms with E-state index in [-0.39, 0.29) is 28.3 Å². The van der Waals surface area contributed by atoms with Crippen molar-refractivity contribution >= 4 is 23.1 Å². The van der Waals surface area contributed by atoms with E-state index in [1.807, 2.05) is 13.0 Å². The van der Waals surface area contributed by atoms with Gasteiger partial charge >= 0.3 is 0 Å². The summed E-state index contributed by atoms with van der Waals surface area (Å²) in [5, 5.41) is 11.6. The Bertz CT molecular complexity index is 1290. The van der Waals surface area contributed by atoms with E-state index in [4.69, 9.17) is 9.47 Å². The van der Waals surface area contributed by atoms with Crippen LogP contribution in [0.25, 0.3) is 0 Å². The number of methoxy groups -OCH3 is 2. The third kappa shape index (κ3) is 5.46. The van der Waals surface area contributed by atoms with Crippen molar-refractivity contribution in [2.75, 3.05) is 39.8 Å². The number of nitro groups is 1. The number of hydrogen-bond acceptors (Lipinski definition) is 7. The molecule has 9 nitrogen and oxygen atoms in total. The number of carbonyl (C=O) groups is 2. The summed E-state index contributed by atoms with van der Waals surface area (Å²) < 4.78 is 10.6. The second-order valence-corrected chi connectivity index (χ2v) is 8.24. The van der Waals surface area contributed by atoms with E-state index in [1.165, 1.54) is 18.2 Å². The predicted octanol–water partition coefficient (Wildman–Crippen LogP) is 4.57. The first-order valence-corrected chi connectivity index (χ1v) is 11.3. The van der Waals surface area contributed by atoms with Gasteiger partial charge in [-0.3, -0.25) is 19.7 Å². The number of ketones is 1. The van der Waals surface area contributed by atoms with Crippen LogP contribution in [0.3, 0.4) is 0 Å². The van der Waals surface area contributed by atoms with Crippen LogP contribution >= 0.6 is 0 Å². The fraction of sp³-hybridized carbons (Fsp3) is 0.259. The van der Waals surface area contributed by atoms with Gasteiger partial charge in [0.2, 0.25) is 0 Å². The molecule has 3 aromatic carbocycles. The summed E-state index contributed by atoms with van der Waals surface area (Å²) in [4.78, 5) is 41.2. The van der Waals surface area contributed by atoms with E-state index >= 15 is 0 Å². The summed E-state index contributed by atoms with van der Waals surface area (Å²) in [7, 11) is 6.47. The van der Waals surface area contributed by atoms with Crippen molar-refractivity contribution in [3.63, 3.8) is 0 Å². The summed E-state index contributed by atoms with van der Waals surface area (Å²) >= 11 is 0. The van der Waals surface area contributed by atoms with Gasteiger partial charge in [-0.15, -0.1) is 0 Å². The quantitative estimate of drug-likeness (QED) is 0.233. The third-order valence-corrected chi connectivity index (χ3v) is 5.81. The minimum atomic E-state index is -0.523. The highest BCUT2D eigenvalue weighted by molar-refractivity contribution is 6.15. The fourth-order valence-corrected chi connectivity index (χ4v) is 3.91. The molecule has 188 valence electrons. The number of nitro benzene ring substituents is 1. The molecule has 0 aliphatic rings. The van der Waals surface area contributed by atoms with Crippen LogP contribution in [-0.4, -0.2) is 56.4 Å². The lowest BCUT2D eigenvalue weighted by atomic mass is 9.96. The van der Waals surface area contributed by atoms with Crippen LogP contribution in [0.2, 0.25) is 0 Å². The van der Waals surface area contributed by atoms with Crippen LogP contribution in [0.4, 0.5) is 11.4 Å². The van der Waals surface area contributed by atoms with Gasteiger partial charge in [0.15, 0.2) is 17.3 Å². The number of benzene rings is 3. The van der Waals surface area contributed by atoms with Gasteiger partial charge < -0.3 is 19.3 Å². The molecule has 0 saturated carbocycles. The Morgan fingerprint density at radius 2 is 1.58 bits per heavy atom. The van der Waals surface area contributed by atoms with Crippen LogP contribution < -0.4 is 14.4 Å². The summed E-state index contributed by atoms with van der Waals surface area (Å²) in [5.74, 6) is 0.350. The summed E-state index contributed by atoms with van der Waals surface area (Å²) in [5.41, 5.74) is 1.58. The zero-order chi connectivity index (χ0) is 26.4. The van der Waals surface area contributed by atoms with E-state index in [1.54, 1.807) is 74.5 Å². The number of amides is 1. The van der Waals surface area contributed by atoms with Crippen LogP contribution in [0, 0.1) is 10.1 Å². The molecule has 3 aromatic rings. The van der Waals surface area contributed by atoms with Crippen LogP contribution in [-0.2, 0) is 6.54 Å². The van der Waals surface area contributed by atoms with Crippen molar-refractivity contribution in [1.82, 2.24) is 4.90 Å². The first kappa shape index (κ1) is 26.2. The smallest absolute Gasteiger partial charge is 0.293 e. The summed E-state index contributed by atoms with van der Waals surface area (Å²) in [6, 6.07) is 16.2. The lowest BCUT2D eigenvalue weighted by molar-refractivity contribution is -0.384. The van der Waals surface area contributed by atoms with Crippen LogP contribution in [0.15, 0.2) is 60.7 Å². The lowest BCUT2D eigenvalue weighted by Crippen LogP contribution is -2.31. The minimum absolute atomic E-state index is 0.135. The molecule has 0 radical (unpaired) electrons. The average Bonchev–Trinajstić information content (AvgIpc) is 2.90. The van der Waals surface area contributed by atoms with Crippen molar-refractivity contribution in [3.8, 4) is 11.5 Å². The molecular formula is C27H29N3O6. The van der Waals surface area contributed by atoms with Gasteiger partial charge in [0, 0.05) is 44.4 Å². The topological polar surface area (TPSA) is 102 Å². The molecule has 0 heterocycles. The van der Waals surface area contributed by atoms with Gasteiger partial charge in [0.05, 0.1) is 24.7 Å². The van der Waals surface area contributed by atoms with Crippen molar-refractivity contribution in [1.29, 1.82) is 0 Å². The molecule has 0 spiro atoms. The molecule has 3 rings (SSSR count). The largest absolute Gasteiger partial charge is 0.493 e. The lowest BCUT2D eigenvalue weighted by Gasteiger charge is -2.23. The van der Waals surface area contributed by atoms with Gasteiger partial charge in [-0.05, 0) is 42.8 Å². The molecule has 0 N–H and O–H groups in total. The Morgan fingerprint density at radius 1 is 0.917 bits per heavy atom. The number of carbonyl (C=O) groups excluding carboxylic acids is 2. The number of nitrogens with zero attached hydrogens (tertiary/aromatic N) is 3. The second kappa shape index (κ2) is 11.4. The van der Waals surface area contributed by atoms with E-state index in [2.05, 4.69) is 0 Å². The molecule has 0 bridgehead atoms. The summed E-state index contributed by atoms with van der Waals surface area (Å²) in [6.45, 7) is 2.55. The average molecular weight is 492 g/mol. The maximum Gasteiger partial charge on any atom is 0.293 e. The Balaban J connectivity index is 1.95. The molecule has 0 aromatic heterocycles. The Morgan fingerprint density at radius 3 is 2.17 bits per heavy atom. The predicted molar refractivity (Wildman–Crippen MR) is 137 cm³/mol. The maximum absolute atomic E-state index is 13.5. The van der Waals surface area contributed by atoms with E-state index in [0.717, 1.165) is 5.56 Å². The molecule has 0 aliphatic heterocycles. The highest BCUT2D eigenvalue weighted by atomic mass is 16.6. The van der Waals surface area contributed by atoms with Gasteiger partial charge in [-0.1, -0.05) is 24.3 Å². The van der Waals surface area contributed by atoms with Crippen LogP contribution in [0.5, 0.6) is 11.5 Å². The molecule has 0 saturated heterocycles. The van der Waals surface area contributed by atoms with Crippen molar-refractivity contribution < 1.29 is 24.0 Å². The first-order valence-electron chi connectivity index (χ1n) is 11.3. The second-order valence-electron chi connectivity index (χ2n) is 8.24. The normalized spacial score (nSPS) is 10.5. The van der Waals surface area contributed by atoms with Gasteiger partial charge in [0.1, 0.15) is 5.69 Å². The number of hydrogen-bond donors (Lipinski definition) is 0. The van der Waals surface area contributed by atoms with Gasteiger partial charge in [-0.2, -0.15) is 0 Å². The molecule has 0 aliphatic carbocycles. The van der Waals surface area contributed by atoms with Gasteiger partial charge in [0.25, 0.3) is 11.6 Å². The van der Waals surface area contributed by atoms with Crippen molar-refractivity contribution in [3.05, 3.63) is 93.0 Å².